The summed E-state index contributed by atoms with van der Waals surface area (Å²) in [5.41, 5.74) is 18.7. The molecular weight excluding hydrogens is 753 g/mol. The lowest BCUT2D eigenvalue weighted by Gasteiger charge is -2.22. The van der Waals surface area contributed by atoms with Gasteiger partial charge in [-0.15, -0.1) is 0 Å². The average Bonchev–Trinajstić information content (AvgIpc) is 3.81. The lowest BCUT2D eigenvalue weighted by Crippen LogP contribution is -2.14. The first-order chi connectivity index (χ1) is 30.4. The van der Waals surface area contributed by atoms with Crippen LogP contribution in [0.25, 0.3) is 111 Å². The Morgan fingerprint density at radius 1 is 0.339 bits per heavy atom. The van der Waals surface area contributed by atoms with E-state index < -0.39 is 0 Å². The van der Waals surface area contributed by atoms with Crippen LogP contribution in [0.1, 0.15) is 25.0 Å². The molecule has 3 heteroatoms. The van der Waals surface area contributed by atoms with E-state index in [4.69, 9.17) is 14.4 Å². The number of furan rings is 1. The molecule has 9 aromatic carbocycles. The SMILES string of the molecule is CC1(C)c2ccc(-c3ccc(-c4cc(-c5cc(-c6ccccc6)cc(-c6ccc7oc8ccccc8c7c6)c5)nc(-c5ccccc5)n4)cc3)cc2-c2cc3ccccc3cc21. The first kappa shape index (κ1) is 36.0. The number of para-hydroxylation sites is 1. The van der Waals surface area contributed by atoms with E-state index in [1.165, 1.54) is 44.2 Å². The summed E-state index contributed by atoms with van der Waals surface area (Å²) < 4.78 is 6.21. The summed E-state index contributed by atoms with van der Waals surface area (Å²) in [6.45, 7) is 4.70. The second-order valence-electron chi connectivity index (χ2n) is 17.0. The fourth-order valence-electron chi connectivity index (χ4n) is 9.55. The van der Waals surface area contributed by atoms with Gasteiger partial charge in [0.05, 0.1) is 11.4 Å². The van der Waals surface area contributed by atoms with E-state index in [9.17, 15) is 0 Å². The second-order valence-corrected chi connectivity index (χ2v) is 17.0. The highest BCUT2D eigenvalue weighted by Gasteiger charge is 2.35. The third kappa shape index (κ3) is 6.04. The van der Waals surface area contributed by atoms with Gasteiger partial charge in [0.2, 0.25) is 0 Å². The van der Waals surface area contributed by atoms with Crippen molar-refractivity contribution in [3.63, 3.8) is 0 Å². The summed E-state index contributed by atoms with van der Waals surface area (Å²) in [6.07, 6.45) is 0. The highest BCUT2D eigenvalue weighted by Crippen LogP contribution is 2.51. The molecule has 0 saturated heterocycles. The fraction of sp³-hybridized carbons (Fsp3) is 0.0508. The summed E-state index contributed by atoms with van der Waals surface area (Å²) in [4.78, 5) is 10.5. The molecular formula is C59H40N2O. The van der Waals surface area contributed by atoms with E-state index in [1.54, 1.807) is 0 Å². The van der Waals surface area contributed by atoms with E-state index in [2.05, 4.69) is 190 Å². The number of fused-ring (bicyclic) bond motifs is 7. The lowest BCUT2D eigenvalue weighted by atomic mass is 9.81. The van der Waals surface area contributed by atoms with Crippen molar-refractivity contribution >= 4 is 32.7 Å². The first-order valence-corrected chi connectivity index (χ1v) is 21.3. The maximum atomic E-state index is 6.21. The zero-order chi connectivity index (χ0) is 41.4. The smallest absolute Gasteiger partial charge is 0.160 e. The summed E-state index contributed by atoms with van der Waals surface area (Å²) in [7, 11) is 0. The van der Waals surface area contributed by atoms with Gasteiger partial charge in [-0.2, -0.15) is 0 Å². The molecule has 0 radical (unpaired) electrons. The van der Waals surface area contributed by atoms with Crippen molar-refractivity contribution < 1.29 is 4.42 Å². The van der Waals surface area contributed by atoms with E-state index in [1.807, 2.05) is 30.3 Å². The van der Waals surface area contributed by atoms with Crippen molar-refractivity contribution in [1.82, 2.24) is 9.97 Å². The molecule has 0 bridgehead atoms. The van der Waals surface area contributed by atoms with Crippen LogP contribution in [0.15, 0.2) is 211 Å². The van der Waals surface area contributed by atoms with E-state index in [0.717, 1.165) is 72.3 Å². The monoisotopic (exact) mass is 792 g/mol. The van der Waals surface area contributed by atoms with Crippen LogP contribution < -0.4 is 0 Å². The van der Waals surface area contributed by atoms with Crippen LogP contribution in [-0.4, -0.2) is 9.97 Å². The van der Waals surface area contributed by atoms with Gasteiger partial charge < -0.3 is 4.42 Å². The van der Waals surface area contributed by atoms with Crippen molar-refractivity contribution in [2.24, 2.45) is 0 Å². The maximum Gasteiger partial charge on any atom is 0.160 e. The van der Waals surface area contributed by atoms with Crippen molar-refractivity contribution in [3.8, 4) is 78.4 Å². The molecule has 0 N–H and O–H groups in total. The van der Waals surface area contributed by atoms with E-state index >= 15 is 0 Å². The normalized spacial score (nSPS) is 12.8. The Bertz CT molecular complexity index is 3530. The molecule has 0 fully saturated rings. The van der Waals surface area contributed by atoms with Gasteiger partial charge in [0.15, 0.2) is 5.82 Å². The van der Waals surface area contributed by atoms with Crippen molar-refractivity contribution in [2.75, 3.05) is 0 Å². The van der Waals surface area contributed by atoms with Crippen LogP contribution in [0.5, 0.6) is 0 Å². The molecule has 2 heterocycles. The van der Waals surface area contributed by atoms with Crippen LogP contribution in [0.4, 0.5) is 0 Å². The van der Waals surface area contributed by atoms with Crippen LogP contribution >= 0.6 is 0 Å². The third-order valence-electron chi connectivity index (χ3n) is 12.9. The highest BCUT2D eigenvalue weighted by molar-refractivity contribution is 6.06. The van der Waals surface area contributed by atoms with Gasteiger partial charge in [-0.05, 0) is 127 Å². The number of hydrogen-bond acceptors (Lipinski definition) is 3. The van der Waals surface area contributed by atoms with Crippen LogP contribution in [0.2, 0.25) is 0 Å². The lowest BCUT2D eigenvalue weighted by molar-refractivity contribution is 0.661. The zero-order valence-corrected chi connectivity index (χ0v) is 34.4. The highest BCUT2D eigenvalue weighted by atomic mass is 16.3. The minimum absolute atomic E-state index is 0.0675. The topological polar surface area (TPSA) is 38.9 Å². The van der Waals surface area contributed by atoms with Crippen molar-refractivity contribution in [2.45, 2.75) is 19.3 Å². The Hall–Kier alpha value is -7.88. The molecule has 0 saturated carbocycles. The van der Waals surface area contributed by atoms with Crippen LogP contribution in [-0.2, 0) is 5.41 Å². The molecule has 0 spiro atoms. The Morgan fingerprint density at radius 3 is 1.65 bits per heavy atom. The second kappa shape index (κ2) is 14.1. The number of nitrogens with zero attached hydrogens (tertiary/aromatic N) is 2. The van der Waals surface area contributed by atoms with Gasteiger partial charge in [-0.3, -0.25) is 0 Å². The zero-order valence-electron chi connectivity index (χ0n) is 34.4. The standard InChI is InChI=1S/C59H40N2O/c1-59(2)52-27-25-43(33-49(52)50-32-41-17-9-10-18-42(41)35-53(50)59)38-21-23-39(24-22-38)54-36-55(61-58(60-54)40-15-7-4-8-16-40)47-30-45(37-13-5-3-6-14-37)29-46(31-47)44-26-28-57-51(34-44)48-19-11-12-20-56(48)62-57/h3-36H,1-2H3. The number of rotatable bonds is 6. The molecule has 62 heavy (non-hydrogen) atoms. The molecule has 0 atom stereocenters. The van der Waals surface area contributed by atoms with Gasteiger partial charge in [-0.1, -0.05) is 159 Å². The molecule has 3 nitrogen and oxygen atoms in total. The summed E-state index contributed by atoms with van der Waals surface area (Å²) in [5, 5.41) is 4.78. The largest absolute Gasteiger partial charge is 0.456 e. The average molecular weight is 793 g/mol. The van der Waals surface area contributed by atoms with Crippen molar-refractivity contribution in [3.05, 3.63) is 217 Å². The summed E-state index contributed by atoms with van der Waals surface area (Å²) in [5.74, 6) is 0.688. The molecule has 0 aliphatic heterocycles. The minimum Gasteiger partial charge on any atom is -0.456 e. The minimum atomic E-state index is -0.0675. The molecule has 1 aliphatic rings. The molecule has 292 valence electrons. The maximum absolute atomic E-state index is 6.21. The Labute approximate surface area is 360 Å². The van der Waals surface area contributed by atoms with Crippen LogP contribution in [0.3, 0.4) is 0 Å². The predicted octanol–water partition coefficient (Wildman–Crippen LogP) is 15.8. The Kier molecular flexibility index (Phi) is 8.20. The van der Waals surface area contributed by atoms with E-state index in [-0.39, 0.29) is 5.41 Å². The number of benzene rings is 9. The van der Waals surface area contributed by atoms with Gasteiger partial charge in [-0.25, -0.2) is 9.97 Å². The van der Waals surface area contributed by atoms with Crippen molar-refractivity contribution in [1.29, 1.82) is 0 Å². The van der Waals surface area contributed by atoms with Gasteiger partial charge >= 0.3 is 0 Å². The number of aromatic nitrogens is 2. The Morgan fingerprint density at radius 2 is 0.871 bits per heavy atom. The quantitative estimate of drug-likeness (QED) is 0.168. The molecule has 2 aromatic heterocycles. The molecule has 0 amide bonds. The van der Waals surface area contributed by atoms with Gasteiger partial charge in [0.25, 0.3) is 0 Å². The molecule has 11 aromatic rings. The van der Waals surface area contributed by atoms with Gasteiger partial charge in [0.1, 0.15) is 11.2 Å². The first-order valence-electron chi connectivity index (χ1n) is 21.3. The number of hydrogen-bond donors (Lipinski definition) is 0. The van der Waals surface area contributed by atoms with Gasteiger partial charge in [0, 0.05) is 32.9 Å². The van der Waals surface area contributed by atoms with E-state index in [0.29, 0.717) is 5.82 Å². The fourth-order valence-corrected chi connectivity index (χ4v) is 9.55. The van der Waals surface area contributed by atoms with Crippen LogP contribution in [0, 0.1) is 0 Å². The molecule has 1 aliphatic carbocycles. The Balaban J connectivity index is 0.967. The molecule has 0 unspecified atom stereocenters. The third-order valence-corrected chi connectivity index (χ3v) is 12.9. The predicted molar refractivity (Wildman–Crippen MR) is 257 cm³/mol. The summed E-state index contributed by atoms with van der Waals surface area (Å²) >= 11 is 0. The molecule has 12 rings (SSSR count). The summed E-state index contributed by atoms with van der Waals surface area (Å²) in [6, 6.07) is 73.8.